The average Bonchev–Trinajstić information content (AvgIpc) is 2.33. The molecule has 0 atom stereocenters. The van der Waals surface area contributed by atoms with Gasteiger partial charge in [-0.3, -0.25) is 4.79 Å². The molecule has 1 aromatic rings. The maximum absolute atomic E-state index is 11.5. The highest BCUT2D eigenvalue weighted by atomic mass is 35.5. The molecule has 100 valence electrons. The van der Waals surface area contributed by atoms with Crippen molar-refractivity contribution in [2.75, 3.05) is 37.5 Å². The number of nitrogens with two attached hydrogens (primary N) is 1. The summed E-state index contributed by atoms with van der Waals surface area (Å²) < 4.78 is 10.2. The first-order valence-corrected chi connectivity index (χ1v) is 6.01. The third-order valence-corrected chi connectivity index (χ3v) is 2.33. The lowest BCUT2D eigenvalue weighted by Gasteiger charge is -2.09. The molecule has 0 aliphatic rings. The van der Waals surface area contributed by atoms with Gasteiger partial charge in [0.25, 0.3) is 0 Å². The van der Waals surface area contributed by atoms with Crippen LogP contribution in [0.2, 0.25) is 5.02 Å². The molecule has 0 saturated carbocycles. The van der Waals surface area contributed by atoms with E-state index in [4.69, 9.17) is 26.8 Å². The summed E-state index contributed by atoms with van der Waals surface area (Å²) in [6.07, 6.45) is 0. The topological polar surface area (TPSA) is 73.6 Å². The van der Waals surface area contributed by atoms with Crippen LogP contribution in [0.4, 0.5) is 11.4 Å². The van der Waals surface area contributed by atoms with E-state index in [1.165, 1.54) is 0 Å². The van der Waals surface area contributed by atoms with Crippen LogP contribution in [0.25, 0.3) is 0 Å². The first-order valence-electron chi connectivity index (χ1n) is 5.64. The third kappa shape index (κ3) is 5.35. The molecular weight excluding hydrogens is 256 g/mol. The van der Waals surface area contributed by atoms with Crippen LogP contribution in [0, 0.1) is 0 Å². The standard InChI is InChI=1S/C12H17ClN2O3/c1-2-17-5-6-18-8-12(16)15-11-7-9(13)3-4-10(11)14/h3-4,7H,2,5-6,8,14H2,1H3,(H,15,16). The summed E-state index contributed by atoms with van der Waals surface area (Å²) in [6.45, 7) is 3.34. The number of nitrogen functional groups attached to an aromatic ring is 1. The molecule has 0 fully saturated rings. The molecule has 0 aromatic heterocycles. The molecule has 0 aliphatic carbocycles. The van der Waals surface area contributed by atoms with Gasteiger partial charge in [-0.1, -0.05) is 11.6 Å². The van der Waals surface area contributed by atoms with E-state index in [-0.39, 0.29) is 12.5 Å². The quantitative estimate of drug-likeness (QED) is 0.587. The number of hydrogen-bond donors (Lipinski definition) is 2. The van der Waals surface area contributed by atoms with Crippen molar-refractivity contribution in [3.05, 3.63) is 23.2 Å². The van der Waals surface area contributed by atoms with Crippen molar-refractivity contribution >= 4 is 28.9 Å². The van der Waals surface area contributed by atoms with Crippen molar-refractivity contribution in [2.24, 2.45) is 0 Å². The van der Waals surface area contributed by atoms with Gasteiger partial charge in [-0.15, -0.1) is 0 Å². The largest absolute Gasteiger partial charge is 0.397 e. The SMILES string of the molecule is CCOCCOCC(=O)Nc1cc(Cl)ccc1N. The predicted molar refractivity (Wildman–Crippen MR) is 71.8 cm³/mol. The molecule has 1 amide bonds. The summed E-state index contributed by atoms with van der Waals surface area (Å²) in [5.74, 6) is -0.277. The fourth-order valence-corrected chi connectivity index (χ4v) is 1.42. The van der Waals surface area contributed by atoms with Crippen molar-refractivity contribution in [3.8, 4) is 0 Å². The van der Waals surface area contributed by atoms with Crippen molar-refractivity contribution in [1.29, 1.82) is 0 Å². The summed E-state index contributed by atoms with van der Waals surface area (Å²) in [4.78, 5) is 11.5. The van der Waals surface area contributed by atoms with E-state index in [2.05, 4.69) is 5.32 Å². The zero-order chi connectivity index (χ0) is 13.4. The highest BCUT2D eigenvalue weighted by Gasteiger charge is 2.06. The lowest BCUT2D eigenvalue weighted by molar-refractivity contribution is -0.121. The number of halogens is 1. The highest BCUT2D eigenvalue weighted by molar-refractivity contribution is 6.31. The number of amides is 1. The predicted octanol–water partition coefficient (Wildman–Crippen LogP) is 1.91. The molecule has 1 aromatic carbocycles. The van der Waals surface area contributed by atoms with E-state index in [0.717, 1.165) is 0 Å². The minimum atomic E-state index is -0.277. The van der Waals surface area contributed by atoms with Gasteiger partial charge in [0.2, 0.25) is 5.91 Å². The number of benzene rings is 1. The van der Waals surface area contributed by atoms with E-state index >= 15 is 0 Å². The molecule has 1 rings (SSSR count). The zero-order valence-corrected chi connectivity index (χ0v) is 11.0. The van der Waals surface area contributed by atoms with Crippen molar-refractivity contribution in [1.82, 2.24) is 0 Å². The van der Waals surface area contributed by atoms with E-state index in [0.29, 0.717) is 36.2 Å². The van der Waals surface area contributed by atoms with E-state index in [9.17, 15) is 4.79 Å². The smallest absolute Gasteiger partial charge is 0.250 e. The minimum absolute atomic E-state index is 0.0426. The third-order valence-electron chi connectivity index (χ3n) is 2.10. The molecule has 0 spiro atoms. The summed E-state index contributed by atoms with van der Waals surface area (Å²) >= 11 is 5.81. The van der Waals surface area contributed by atoms with Gasteiger partial charge in [0.05, 0.1) is 24.6 Å². The van der Waals surface area contributed by atoms with Crippen LogP contribution in [0.5, 0.6) is 0 Å². The lowest BCUT2D eigenvalue weighted by atomic mass is 10.2. The molecule has 0 aliphatic heterocycles. The first kappa shape index (κ1) is 14.8. The van der Waals surface area contributed by atoms with Gasteiger partial charge >= 0.3 is 0 Å². The molecule has 0 radical (unpaired) electrons. The van der Waals surface area contributed by atoms with Crippen LogP contribution < -0.4 is 11.1 Å². The second-order valence-corrected chi connectivity index (χ2v) is 3.97. The van der Waals surface area contributed by atoms with Crippen LogP contribution in [0.15, 0.2) is 18.2 Å². The van der Waals surface area contributed by atoms with E-state index in [1.54, 1.807) is 18.2 Å². The summed E-state index contributed by atoms with van der Waals surface area (Å²) in [5, 5.41) is 3.14. The Hall–Kier alpha value is -1.30. The Morgan fingerprint density at radius 1 is 1.39 bits per heavy atom. The van der Waals surface area contributed by atoms with Gasteiger partial charge in [0, 0.05) is 11.6 Å². The molecule has 6 heteroatoms. The maximum Gasteiger partial charge on any atom is 0.250 e. The number of hydrogen-bond acceptors (Lipinski definition) is 4. The number of anilines is 2. The van der Waals surface area contributed by atoms with Crippen LogP contribution in [-0.2, 0) is 14.3 Å². The normalized spacial score (nSPS) is 10.3. The monoisotopic (exact) mass is 272 g/mol. The summed E-state index contributed by atoms with van der Waals surface area (Å²) in [6, 6.07) is 4.88. The van der Waals surface area contributed by atoms with Crippen LogP contribution >= 0.6 is 11.6 Å². The Balaban J connectivity index is 2.33. The van der Waals surface area contributed by atoms with Gasteiger partial charge in [-0.05, 0) is 25.1 Å². The molecule has 0 unspecified atom stereocenters. The van der Waals surface area contributed by atoms with Gasteiger partial charge in [-0.2, -0.15) is 0 Å². The molecule has 18 heavy (non-hydrogen) atoms. The van der Waals surface area contributed by atoms with E-state index in [1.807, 2.05) is 6.92 Å². The Morgan fingerprint density at radius 2 is 2.11 bits per heavy atom. The number of carbonyl (C=O) groups is 1. The van der Waals surface area contributed by atoms with Crippen LogP contribution in [0.1, 0.15) is 6.92 Å². The zero-order valence-electron chi connectivity index (χ0n) is 10.2. The highest BCUT2D eigenvalue weighted by Crippen LogP contribution is 2.22. The van der Waals surface area contributed by atoms with Gasteiger partial charge in [0.1, 0.15) is 6.61 Å². The molecule has 3 N–H and O–H groups in total. The number of carbonyl (C=O) groups excluding carboxylic acids is 1. The Bertz CT molecular complexity index is 399. The fourth-order valence-electron chi connectivity index (χ4n) is 1.25. The molecule has 0 bridgehead atoms. The molecule has 0 saturated heterocycles. The van der Waals surface area contributed by atoms with Gasteiger partial charge in [-0.25, -0.2) is 0 Å². The molecule has 5 nitrogen and oxygen atoms in total. The maximum atomic E-state index is 11.5. The van der Waals surface area contributed by atoms with Gasteiger partial charge in [0.15, 0.2) is 0 Å². The Labute approximate surface area is 111 Å². The first-order chi connectivity index (χ1) is 8.63. The van der Waals surface area contributed by atoms with Crippen LogP contribution in [-0.4, -0.2) is 32.3 Å². The summed E-state index contributed by atoms with van der Waals surface area (Å²) in [5.41, 5.74) is 6.65. The van der Waals surface area contributed by atoms with Gasteiger partial charge < -0.3 is 20.5 Å². The molecule has 0 heterocycles. The average molecular weight is 273 g/mol. The van der Waals surface area contributed by atoms with Crippen molar-refractivity contribution in [3.63, 3.8) is 0 Å². The van der Waals surface area contributed by atoms with E-state index < -0.39 is 0 Å². The Kier molecular flexibility index (Phi) is 6.49. The summed E-state index contributed by atoms with van der Waals surface area (Å²) in [7, 11) is 0. The lowest BCUT2D eigenvalue weighted by Crippen LogP contribution is -2.20. The van der Waals surface area contributed by atoms with Crippen molar-refractivity contribution in [2.45, 2.75) is 6.92 Å². The second kappa shape index (κ2) is 7.92. The number of rotatable bonds is 7. The van der Waals surface area contributed by atoms with Crippen molar-refractivity contribution < 1.29 is 14.3 Å². The second-order valence-electron chi connectivity index (χ2n) is 3.53. The minimum Gasteiger partial charge on any atom is -0.397 e. The fraction of sp³-hybridized carbons (Fsp3) is 0.417. The molecular formula is C12H17ClN2O3. The number of nitrogens with one attached hydrogen (secondary N) is 1. The Morgan fingerprint density at radius 3 is 2.83 bits per heavy atom. The van der Waals surface area contributed by atoms with Crippen LogP contribution in [0.3, 0.4) is 0 Å². The number of ether oxygens (including phenoxy) is 2.